The molecule has 0 bridgehead atoms. The van der Waals surface area contributed by atoms with Gasteiger partial charge in [-0.25, -0.2) is 27.9 Å². The summed E-state index contributed by atoms with van der Waals surface area (Å²) in [6, 6.07) is 5.27. The Morgan fingerprint density at radius 1 is 1.23 bits per heavy atom. The van der Waals surface area contributed by atoms with Gasteiger partial charge in [0.1, 0.15) is 6.26 Å². The molecule has 1 saturated carbocycles. The molecule has 11 heteroatoms. The summed E-state index contributed by atoms with van der Waals surface area (Å²) in [6.07, 6.45) is 7.68. The Labute approximate surface area is 209 Å². The van der Waals surface area contributed by atoms with E-state index in [9.17, 15) is 13.2 Å². The fraction of sp³-hybridized carbons (Fsp3) is 0.458. The van der Waals surface area contributed by atoms with Gasteiger partial charge in [0.15, 0.2) is 0 Å². The minimum atomic E-state index is -3.74. The molecule has 1 aromatic carbocycles. The second kappa shape index (κ2) is 10.9. The van der Waals surface area contributed by atoms with Crippen LogP contribution in [0.25, 0.3) is 21.9 Å². The maximum Gasteiger partial charge on any atom is 0.407 e. The van der Waals surface area contributed by atoms with Crippen molar-refractivity contribution in [2.45, 2.75) is 69.4 Å². The molecular weight excluding hydrogens is 488 g/mol. The molecule has 1 aliphatic carbocycles. The molecule has 0 radical (unpaired) electrons. The molecule has 2 heterocycles. The quantitative estimate of drug-likeness (QED) is 0.434. The molecule has 2 N–H and O–H groups in total. The molecule has 1 fully saturated rings. The third-order valence-corrected chi connectivity index (χ3v) is 8.59. The molecule has 3 aromatic rings. The van der Waals surface area contributed by atoms with Crippen LogP contribution in [0.1, 0.15) is 57.4 Å². The van der Waals surface area contributed by atoms with Gasteiger partial charge in [-0.15, -0.1) is 11.3 Å². The first-order valence-corrected chi connectivity index (χ1v) is 14.0. The fourth-order valence-electron chi connectivity index (χ4n) is 4.22. The number of hydrogen-bond acceptors (Lipinski definition) is 8. The van der Waals surface area contributed by atoms with Crippen LogP contribution in [-0.2, 0) is 14.8 Å². The zero-order chi connectivity index (χ0) is 25.0. The van der Waals surface area contributed by atoms with E-state index in [1.807, 2.05) is 13.8 Å². The maximum atomic E-state index is 13.0. The second-order valence-corrected chi connectivity index (χ2v) is 11.6. The first kappa shape index (κ1) is 25.3. The summed E-state index contributed by atoms with van der Waals surface area (Å²) in [5.41, 5.74) is 1.18. The zero-order valence-corrected chi connectivity index (χ0v) is 21.6. The Kier molecular flexibility index (Phi) is 7.88. The van der Waals surface area contributed by atoms with Crippen molar-refractivity contribution in [1.29, 1.82) is 0 Å². The summed E-state index contributed by atoms with van der Waals surface area (Å²) in [6.45, 7) is 5.68. The van der Waals surface area contributed by atoms with Crippen molar-refractivity contribution in [2.75, 3.05) is 6.54 Å². The number of alkyl carbamates (subject to hydrolysis) is 1. The standard InChI is InChI=1S/C24H30N4O5S2/c1-4-27-35(30,31)21-13-17(22-25-11-12-32-22)7-10-19(21)20-14-26-23(34-20)16-5-8-18(9-6-16)28-24(29)33-15(2)3/h7,10-16,18,27H,4-6,8-9H2,1-3H3,(H,28,29). The van der Waals surface area contributed by atoms with E-state index in [0.29, 0.717) is 17.0 Å². The predicted octanol–water partition coefficient (Wildman–Crippen LogP) is 4.92. The van der Waals surface area contributed by atoms with E-state index in [1.165, 1.54) is 23.8 Å². The van der Waals surface area contributed by atoms with Crippen molar-refractivity contribution in [3.63, 3.8) is 0 Å². The van der Waals surface area contributed by atoms with Crippen LogP contribution in [0, 0.1) is 0 Å². The third kappa shape index (κ3) is 6.09. The molecule has 0 aliphatic heterocycles. The van der Waals surface area contributed by atoms with Crippen molar-refractivity contribution >= 4 is 27.5 Å². The molecule has 0 unspecified atom stereocenters. The molecule has 4 rings (SSSR count). The highest BCUT2D eigenvalue weighted by molar-refractivity contribution is 7.89. The van der Waals surface area contributed by atoms with Crippen molar-refractivity contribution < 1.29 is 22.4 Å². The highest BCUT2D eigenvalue weighted by atomic mass is 32.2. The lowest BCUT2D eigenvalue weighted by atomic mass is 9.86. The summed E-state index contributed by atoms with van der Waals surface area (Å²) < 4.78 is 39.2. The highest BCUT2D eigenvalue weighted by Crippen LogP contribution is 2.40. The zero-order valence-electron chi connectivity index (χ0n) is 20.0. The number of oxazole rings is 1. The van der Waals surface area contributed by atoms with Crippen LogP contribution >= 0.6 is 11.3 Å². The Hall–Kier alpha value is -2.76. The van der Waals surface area contributed by atoms with E-state index in [1.54, 1.807) is 31.3 Å². The van der Waals surface area contributed by atoms with Gasteiger partial charge in [0.25, 0.3) is 0 Å². The van der Waals surface area contributed by atoms with Gasteiger partial charge < -0.3 is 14.5 Å². The van der Waals surface area contributed by atoms with Gasteiger partial charge in [-0.2, -0.15) is 0 Å². The number of nitrogens with one attached hydrogen (secondary N) is 2. The number of carbonyl (C=O) groups excluding carboxylic acids is 1. The minimum Gasteiger partial charge on any atom is -0.447 e. The van der Waals surface area contributed by atoms with E-state index in [2.05, 4.69) is 20.0 Å². The summed E-state index contributed by atoms with van der Waals surface area (Å²) in [5, 5.41) is 3.92. The number of rotatable bonds is 8. The lowest BCUT2D eigenvalue weighted by Crippen LogP contribution is -2.38. The molecule has 1 amide bonds. The van der Waals surface area contributed by atoms with Gasteiger partial charge >= 0.3 is 6.09 Å². The molecule has 188 valence electrons. The summed E-state index contributed by atoms with van der Waals surface area (Å²) in [4.78, 5) is 21.6. The van der Waals surface area contributed by atoms with Crippen molar-refractivity contribution in [2.24, 2.45) is 0 Å². The van der Waals surface area contributed by atoms with Crippen LogP contribution in [-0.4, -0.2) is 43.2 Å². The van der Waals surface area contributed by atoms with Crippen LogP contribution < -0.4 is 10.0 Å². The van der Waals surface area contributed by atoms with Crippen LogP contribution in [0.15, 0.2) is 46.2 Å². The molecule has 35 heavy (non-hydrogen) atoms. The van der Waals surface area contributed by atoms with Crippen LogP contribution in [0.2, 0.25) is 0 Å². The number of amides is 1. The molecule has 2 aromatic heterocycles. The molecule has 1 aliphatic rings. The van der Waals surface area contributed by atoms with Crippen LogP contribution in [0.5, 0.6) is 0 Å². The van der Waals surface area contributed by atoms with Crippen molar-refractivity contribution in [3.05, 3.63) is 41.9 Å². The van der Waals surface area contributed by atoms with Gasteiger partial charge in [0, 0.05) is 35.8 Å². The van der Waals surface area contributed by atoms with Crippen LogP contribution in [0.3, 0.4) is 0 Å². The SMILES string of the molecule is CCNS(=O)(=O)c1cc(-c2ncco2)ccc1-c1cnc(C2CCC(NC(=O)OC(C)C)CC2)s1. The Balaban J connectivity index is 1.53. The Morgan fingerprint density at radius 3 is 2.66 bits per heavy atom. The summed E-state index contributed by atoms with van der Waals surface area (Å²) in [5.74, 6) is 0.630. The molecule has 0 spiro atoms. The smallest absolute Gasteiger partial charge is 0.407 e. The highest BCUT2D eigenvalue weighted by Gasteiger charge is 2.27. The molecule has 0 atom stereocenters. The predicted molar refractivity (Wildman–Crippen MR) is 134 cm³/mol. The first-order chi connectivity index (χ1) is 16.8. The van der Waals surface area contributed by atoms with Crippen molar-refractivity contribution in [3.8, 4) is 21.9 Å². The number of nitrogens with zero attached hydrogens (tertiary/aromatic N) is 2. The molecule has 0 saturated heterocycles. The topological polar surface area (TPSA) is 123 Å². The van der Waals surface area contributed by atoms with Gasteiger partial charge in [-0.05, 0) is 51.7 Å². The number of ether oxygens (including phenoxy) is 1. The number of hydrogen-bond donors (Lipinski definition) is 2. The lowest BCUT2D eigenvalue weighted by Gasteiger charge is -2.28. The number of carbonyl (C=O) groups is 1. The van der Waals surface area contributed by atoms with Gasteiger partial charge in [-0.3, -0.25) is 0 Å². The lowest BCUT2D eigenvalue weighted by molar-refractivity contribution is 0.109. The van der Waals surface area contributed by atoms with E-state index in [0.717, 1.165) is 35.6 Å². The third-order valence-electron chi connectivity index (χ3n) is 5.81. The number of sulfonamides is 1. The second-order valence-electron chi connectivity index (χ2n) is 8.76. The number of aromatic nitrogens is 2. The van der Waals surface area contributed by atoms with Crippen LogP contribution in [0.4, 0.5) is 4.79 Å². The minimum absolute atomic E-state index is 0.0940. The molecular formula is C24H30N4O5S2. The average molecular weight is 519 g/mol. The number of benzene rings is 1. The summed E-state index contributed by atoms with van der Waals surface area (Å²) in [7, 11) is -3.74. The van der Waals surface area contributed by atoms with Gasteiger partial charge in [0.05, 0.1) is 27.1 Å². The van der Waals surface area contributed by atoms with Crippen molar-refractivity contribution in [1.82, 2.24) is 20.0 Å². The first-order valence-electron chi connectivity index (χ1n) is 11.7. The monoisotopic (exact) mass is 518 g/mol. The molecule has 9 nitrogen and oxygen atoms in total. The fourth-order valence-corrected chi connectivity index (χ4v) is 6.69. The summed E-state index contributed by atoms with van der Waals surface area (Å²) >= 11 is 1.51. The van der Waals surface area contributed by atoms with E-state index < -0.39 is 10.0 Å². The Bertz CT molecular complexity index is 1250. The number of thiazole rings is 1. The van der Waals surface area contributed by atoms with E-state index in [4.69, 9.17) is 9.15 Å². The van der Waals surface area contributed by atoms with Gasteiger partial charge in [0.2, 0.25) is 15.9 Å². The van der Waals surface area contributed by atoms with E-state index >= 15 is 0 Å². The van der Waals surface area contributed by atoms with E-state index in [-0.39, 0.29) is 35.6 Å². The Morgan fingerprint density at radius 2 is 2.00 bits per heavy atom. The maximum absolute atomic E-state index is 13.0. The normalized spacial score (nSPS) is 18.5. The largest absolute Gasteiger partial charge is 0.447 e. The van der Waals surface area contributed by atoms with Gasteiger partial charge in [-0.1, -0.05) is 13.0 Å². The average Bonchev–Trinajstić information content (AvgIpc) is 3.51.